The molecule has 0 aromatic carbocycles. The van der Waals surface area contributed by atoms with Crippen LogP contribution in [0.15, 0.2) is 146 Å². The third kappa shape index (κ3) is 60.0. The molecule has 0 aliphatic rings. The molecule has 0 aliphatic heterocycles. The summed E-state index contributed by atoms with van der Waals surface area (Å²) >= 11 is 0. The first-order valence-electron chi connectivity index (χ1n) is 31.7. The maximum Gasteiger partial charge on any atom is 0.472 e. The maximum absolute atomic E-state index is 13.0. The largest absolute Gasteiger partial charge is 0.472 e. The van der Waals surface area contributed by atoms with Crippen molar-refractivity contribution >= 4 is 25.7 Å². The van der Waals surface area contributed by atoms with Crippen LogP contribution in [-0.4, -0.2) is 66.5 Å². The Morgan fingerprint density at radius 2 is 0.646 bits per heavy atom. The van der Waals surface area contributed by atoms with Gasteiger partial charge in [-0.1, -0.05) is 231 Å². The van der Waals surface area contributed by atoms with Gasteiger partial charge in [-0.3, -0.25) is 23.4 Å². The molecule has 0 aliphatic carbocycles. The van der Waals surface area contributed by atoms with Crippen molar-refractivity contribution in [1.29, 1.82) is 0 Å². The Morgan fingerprint density at radius 3 is 1.01 bits per heavy atom. The minimum Gasteiger partial charge on any atom is -0.462 e. The zero-order chi connectivity index (χ0) is 59.8. The third-order valence-electron chi connectivity index (χ3n) is 12.7. The van der Waals surface area contributed by atoms with Crippen LogP contribution in [0.2, 0.25) is 0 Å². The molecule has 11 nitrogen and oxygen atoms in total. The van der Waals surface area contributed by atoms with Gasteiger partial charge in [0.1, 0.15) is 12.7 Å². The highest BCUT2D eigenvalue weighted by atomic mass is 31.2. The van der Waals surface area contributed by atoms with Gasteiger partial charge in [0.05, 0.1) is 19.8 Å². The number of phosphoric ester groups is 1. The Morgan fingerprint density at radius 1 is 0.354 bits per heavy atom. The summed E-state index contributed by atoms with van der Waals surface area (Å²) < 4.78 is 39.6. The van der Waals surface area contributed by atoms with Crippen LogP contribution >= 0.6 is 7.82 Å². The van der Waals surface area contributed by atoms with Crippen molar-refractivity contribution in [3.05, 3.63) is 146 Å². The van der Waals surface area contributed by atoms with Gasteiger partial charge in [-0.25, -0.2) is 4.57 Å². The lowest BCUT2D eigenvalue weighted by Crippen LogP contribution is -2.30. The van der Waals surface area contributed by atoms with E-state index in [4.69, 9.17) is 23.3 Å². The van der Waals surface area contributed by atoms with E-state index in [0.29, 0.717) is 25.7 Å². The van der Waals surface area contributed by atoms with E-state index in [2.05, 4.69) is 161 Å². The second kappa shape index (κ2) is 62.4. The van der Waals surface area contributed by atoms with Gasteiger partial charge in [0.2, 0.25) is 0 Å². The van der Waals surface area contributed by atoms with E-state index in [-0.39, 0.29) is 25.9 Å². The quantitative estimate of drug-likeness (QED) is 0.0197. The predicted molar refractivity (Wildman–Crippen MR) is 343 cm³/mol. The molecule has 0 spiro atoms. The van der Waals surface area contributed by atoms with Crippen LogP contribution in [0.25, 0.3) is 0 Å². The van der Waals surface area contributed by atoms with E-state index in [1.54, 1.807) is 0 Å². The van der Waals surface area contributed by atoms with Crippen molar-refractivity contribution in [2.75, 3.05) is 26.4 Å². The second-order valence-corrected chi connectivity index (χ2v) is 21.9. The Hall–Kier alpha value is -4.64. The van der Waals surface area contributed by atoms with Crippen LogP contribution in [0.1, 0.15) is 239 Å². The van der Waals surface area contributed by atoms with Gasteiger partial charge >= 0.3 is 25.7 Å². The van der Waals surface area contributed by atoms with Crippen molar-refractivity contribution in [2.24, 2.45) is 0 Å². The molecule has 2 N–H and O–H groups in total. The molecule has 0 aromatic rings. The Balaban J connectivity index is 4.82. The number of aliphatic hydroxyl groups is 1. The highest BCUT2D eigenvalue weighted by Crippen LogP contribution is 2.43. The monoisotopic (exact) mass is 1160 g/mol. The van der Waals surface area contributed by atoms with Gasteiger partial charge in [-0.05, 0) is 135 Å². The first-order chi connectivity index (χ1) is 40.2. The summed E-state index contributed by atoms with van der Waals surface area (Å²) in [5, 5.41) is 9.86. The lowest BCUT2D eigenvalue weighted by molar-refractivity contribution is -0.161. The average Bonchev–Trinajstić information content (AvgIpc) is 3.47. The van der Waals surface area contributed by atoms with Gasteiger partial charge in [-0.2, -0.15) is 0 Å². The van der Waals surface area contributed by atoms with E-state index < -0.39 is 57.8 Å². The number of hydrogen-bond donors (Lipinski definition) is 2. The van der Waals surface area contributed by atoms with Gasteiger partial charge in [0.25, 0.3) is 0 Å². The Kier molecular flexibility index (Phi) is 58.9. The molecule has 0 fully saturated rings. The minimum absolute atomic E-state index is 0.130. The van der Waals surface area contributed by atoms with Crippen molar-refractivity contribution in [3.63, 3.8) is 0 Å². The van der Waals surface area contributed by atoms with Crippen molar-refractivity contribution in [1.82, 2.24) is 0 Å². The van der Waals surface area contributed by atoms with Crippen LogP contribution in [0.3, 0.4) is 0 Å². The van der Waals surface area contributed by atoms with Gasteiger partial charge < -0.3 is 24.2 Å². The standard InChI is InChI=1S/C70H113O11P/c1-4-7-10-13-16-19-22-25-28-31-33-36-39-42-45-48-51-54-57-60-69(73)80-66(62-71)64-78-82(75,76)79-65-67(63-77-68(72)59-56-53-50-47-44-41-38-35-30-27-24-21-18-15-12-9-6-3)81-70(74)61-58-55-52-49-46-43-40-37-34-32-29-26-23-20-17-14-11-8-5-2/h8-9,11-12,16-21,25-30,33-34,36-38,41,47,50,66-67,71H,4-7,10,13-15,22-24,31-32,35,39-40,42-46,48-49,51-65H2,1-3H3,(H,75,76)/b11-8-,12-9-,19-16-,20-17-,21-18-,28-25-,29-26-,30-27-,36-33-,37-34-,41-38-,50-47-. The number of allylic oxidation sites excluding steroid dienone is 24. The molecule has 3 unspecified atom stereocenters. The van der Waals surface area contributed by atoms with E-state index in [0.717, 1.165) is 148 Å². The fourth-order valence-corrected chi connectivity index (χ4v) is 8.76. The number of ether oxygens (including phenoxy) is 3. The summed E-state index contributed by atoms with van der Waals surface area (Å²) in [6, 6.07) is 0. The maximum atomic E-state index is 13.0. The highest BCUT2D eigenvalue weighted by Gasteiger charge is 2.28. The number of carbonyl (C=O) groups excluding carboxylic acids is 3. The number of esters is 3. The first kappa shape index (κ1) is 77.4. The van der Waals surface area contributed by atoms with Gasteiger partial charge in [0, 0.05) is 19.3 Å². The fraction of sp³-hybridized carbons (Fsp3) is 0.614. The molecule has 0 radical (unpaired) electrons. The molecular weight excluding hydrogens is 1050 g/mol. The van der Waals surface area contributed by atoms with Crippen LogP contribution in [0.4, 0.5) is 0 Å². The van der Waals surface area contributed by atoms with E-state index >= 15 is 0 Å². The summed E-state index contributed by atoms with van der Waals surface area (Å²) in [5.41, 5.74) is 0. The lowest BCUT2D eigenvalue weighted by atomic mass is 10.1. The Labute approximate surface area is 499 Å². The SMILES string of the molecule is CC/C=C\C/C=C\C/C=C\C/C=C\C/C=C\CCCC(=O)OCC(COP(=O)(O)OCC(CO)OC(=O)CCCCCCCC/C=C\C/C=C\C/C=C\CCCCC)OC(=O)CCCCCCCC/C=C\C/C=C\C/C=C\C/C=C\CC. The van der Waals surface area contributed by atoms with Gasteiger partial charge in [0.15, 0.2) is 6.10 Å². The molecule has 82 heavy (non-hydrogen) atoms. The smallest absolute Gasteiger partial charge is 0.462 e. The fourth-order valence-electron chi connectivity index (χ4n) is 7.98. The summed E-state index contributed by atoms with van der Waals surface area (Å²) in [6.45, 7) is 4.29. The van der Waals surface area contributed by atoms with Crippen molar-refractivity contribution in [3.8, 4) is 0 Å². The van der Waals surface area contributed by atoms with Crippen LogP contribution < -0.4 is 0 Å². The summed E-state index contributed by atoms with van der Waals surface area (Å²) in [4.78, 5) is 48.7. The topological polar surface area (TPSA) is 155 Å². The number of phosphoric acid groups is 1. The normalized spacial score (nSPS) is 14.3. The van der Waals surface area contributed by atoms with E-state index in [9.17, 15) is 28.9 Å². The first-order valence-corrected chi connectivity index (χ1v) is 33.2. The third-order valence-corrected chi connectivity index (χ3v) is 13.7. The van der Waals surface area contributed by atoms with E-state index in [1.807, 2.05) is 6.08 Å². The zero-order valence-corrected chi connectivity index (χ0v) is 52.3. The number of carbonyl (C=O) groups is 3. The summed E-state index contributed by atoms with van der Waals surface area (Å²) in [6.07, 6.45) is 80.8. The van der Waals surface area contributed by atoms with Crippen molar-refractivity contribution < 1.29 is 52.2 Å². The van der Waals surface area contributed by atoms with Crippen LogP contribution in [0.5, 0.6) is 0 Å². The molecule has 0 aromatic heterocycles. The molecular formula is C70H113O11P. The minimum atomic E-state index is -4.79. The van der Waals surface area contributed by atoms with E-state index in [1.165, 1.54) is 25.7 Å². The van der Waals surface area contributed by atoms with Gasteiger partial charge in [-0.15, -0.1) is 0 Å². The molecule has 0 bridgehead atoms. The molecule has 464 valence electrons. The number of hydrogen-bond acceptors (Lipinski definition) is 10. The molecule has 0 rings (SSSR count). The molecule has 0 amide bonds. The number of rotatable bonds is 57. The summed E-state index contributed by atoms with van der Waals surface area (Å²) in [5.74, 6) is -1.58. The van der Waals surface area contributed by atoms with Crippen LogP contribution in [-0.2, 0) is 42.2 Å². The van der Waals surface area contributed by atoms with Crippen LogP contribution in [0, 0.1) is 0 Å². The zero-order valence-electron chi connectivity index (χ0n) is 51.4. The highest BCUT2D eigenvalue weighted by molar-refractivity contribution is 7.47. The molecule has 0 heterocycles. The van der Waals surface area contributed by atoms with Crippen molar-refractivity contribution in [2.45, 2.75) is 251 Å². The molecule has 0 saturated carbocycles. The average molecular weight is 1160 g/mol. The molecule has 12 heteroatoms. The number of aliphatic hydroxyl groups excluding tert-OH is 1. The molecule has 3 atom stereocenters. The lowest BCUT2D eigenvalue weighted by Gasteiger charge is -2.21. The number of unbranched alkanes of at least 4 members (excludes halogenated alkanes) is 16. The Bertz CT molecular complexity index is 1930. The second-order valence-electron chi connectivity index (χ2n) is 20.5. The predicted octanol–water partition coefficient (Wildman–Crippen LogP) is 19.5. The molecule has 0 saturated heterocycles. The summed E-state index contributed by atoms with van der Waals surface area (Å²) in [7, 11) is -4.79.